The molecule has 0 aliphatic heterocycles. The van der Waals surface area contributed by atoms with Crippen LogP contribution in [0.3, 0.4) is 0 Å². The maximum absolute atomic E-state index is 13.0. The lowest BCUT2D eigenvalue weighted by Crippen LogP contribution is -2.20. The minimum absolute atomic E-state index is 0.0538. The highest BCUT2D eigenvalue weighted by molar-refractivity contribution is 9.10. The van der Waals surface area contributed by atoms with Crippen molar-refractivity contribution in [3.8, 4) is 0 Å². The molecule has 1 heterocycles. The van der Waals surface area contributed by atoms with Gasteiger partial charge in [0.25, 0.3) is 0 Å². The Balaban J connectivity index is 2.30. The molecule has 0 radical (unpaired) electrons. The molecule has 0 bridgehead atoms. The maximum atomic E-state index is 13.0. The fourth-order valence-electron chi connectivity index (χ4n) is 2.07. The Morgan fingerprint density at radius 1 is 1.38 bits per heavy atom. The number of hydrogen-bond acceptors (Lipinski definition) is 3. The Labute approximate surface area is 133 Å². The van der Waals surface area contributed by atoms with Crippen LogP contribution in [-0.2, 0) is 12.6 Å². The third kappa shape index (κ3) is 4.05. The number of rotatable bonds is 4. The third-order valence-corrected chi connectivity index (χ3v) is 4.64. The van der Waals surface area contributed by atoms with Crippen molar-refractivity contribution < 1.29 is 13.2 Å². The summed E-state index contributed by atoms with van der Waals surface area (Å²) < 4.78 is 38.9. The molecule has 0 aliphatic carbocycles. The second kappa shape index (κ2) is 6.46. The van der Waals surface area contributed by atoms with Crippen LogP contribution in [0.25, 0.3) is 0 Å². The number of nitrogens with zero attached hydrogens (tertiary/aromatic N) is 1. The first-order valence-electron chi connectivity index (χ1n) is 6.26. The van der Waals surface area contributed by atoms with Gasteiger partial charge in [0.2, 0.25) is 0 Å². The van der Waals surface area contributed by atoms with Crippen LogP contribution in [0.4, 0.5) is 13.2 Å². The zero-order valence-corrected chi connectivity index (χ0v) is 13.9. The molecule has 1 N–H and O–H groups in total. The number of likely N-dealkylation sites (N-methyl/N-ethyl adjacent to an activating group) is 1. The standard InChI is InChI=1S/C14H14BrF3N2S/c1-8-20-10(7-21-8)6-13(19-2)9-3-4-12(15)11(5-9)14(16,17)18/h3-5,7,13,19H,6H2,1-2H3. The van der Waals surface area contributed by atoms with E-state index in [2.05, 4.69) is 26.2 Å². The topological polar surface area (TPSA) is 24.9 Å². The van der Waals surface area contributed by atoms with Crippen molar-refractivity contribution in [1.82, 2.24) is 10.3 Å². The monoisotopic (exact) mass is 378 g/mol. The summed E-state index contributed by atoms with van der Waals surface area (Å²) in [5.41, 5.74) is 0.821. The Morgan fingerprint density at radius 3 is 2.62 bits per heavy atom. The minimum atomic E-state index is -4.37. The first kappa shape index (κ1) is 16.5. The Morgan fingerprint density at radius 2 is 2.10 bits per heavy atom. The van der Waals surface area contributed by atoms with Gasteiger partial charge in [-0.3, -0.25) is 0 Å². The molecule has 0 fully saturated rings. The zero-order chi connectivity index (χ0) is 15.6. The van der Waals surface area contributed by atoms with Gasteiger partial charge < -0.3 is 5.32 Å². The van der Waals surface area contributed by atoms with Gasteiger partial charge in [-0.05, 0) is 31.7 Å². The lowest BCUT2D eigenvalue weighted by Gasteiger charge is -2.18. The zero-order valence-electron chi connectivity index (χ0n) is 11.5. The summed E-state index contributed by atoms with van der Waals surface area (Å²) in [6, 6.07) is 4.11. The average molecular weight is 379 g/mol. The predicted molar refractivity (Wildman–Crippen MR) is 81.5 cm³/mol. The molecule has 2 rings (SSSR count). The first-order chi connectivity index (χ1) is 9.81. The molecule has 0 aliphatic rings. The molecule has 0 saturated heterocycles. The van der Waals surface area contributed by atoms with Crippen molar-refractivity contribution in [3.05, 3.63) is 49.9 Å². The van der Waals surface area contributed by atoms with Crippen LogP contribution in [0, 0.1) is 6.92 Å². The molecule has 1 atom stereocenters. The van der Waals surface area contributed by atoms with Gasteiger partial charge in [0.05, 0.1) is 16.3 Å². The van der Waals surface area contributed by atoms with Gasteiger partial charge in [-0.25, -0.2) is 4.98 Å². The predicted octanol–water partition coefficient (Wildman–Crippen LogP) is 4.74. The normalized spacial score (nSPS) is 13.4. The Kier molecular flexibility index (Phi) is 5.06. The van der Waals surface area contributed by atoms with Crippen molar-refractivity contribution in [3.63, 3.8) is 0 Å². The molecule has 0 spiro atoms. The van der Waals surface area contributed by atoms with Gasteiger partial charge in [-0.2, -0.15) is 13.2 Å². The highest BCUT2D eigenvalue weighted by Gasteiger charge is 2.33. The summed E-state index contributed by atoms with van der Waals surface area (Å²) in [5.74, 6) is 0. The van der Waals surface area contributed by atoms with E-state index < -0.39 is 11.7 Å². The lowest BCUT2D eigenvalue weighted by molar-refractivity contribution is -0.138. The smallest absolute Gasteiger partial charge is 0.313 e. The second-order valence-electron chi connectivity index (χ2n) is 4.64. The first-order valence-corrected chi connectivity index (χ1v) is 7.93. The van der Waals surface area contributed by atoms with E-state index in [4.69, 9.17) is 0 Å². The van der Waals surface area contributed by atoms with Gasteiger partial charge in [0, 0.05) is 22.3 Å². The number of aryl methyl sites for hydroxylation is 1. The van der Waals surface area contributed by atoms with Crippen LogP contribution in [0.2, 0.25) is 0 Å². The molecule has 1 aromatic carbocycles. The molecule has 1 aromatic heterocycles. The van der Waals surface area contributed by atoms with Crippen LogP contribution in [-0.4, -0.2) is 12.0 Å². The molecular weight excluding hydrogens is 365 g/mol. The summed E-state index contributed by atoms with van der Waals surface area (Å²) in [6.07, 6.45) is -3.82. The summed E-state index contributed by atoms with van der Waals surface area (Å²) in [5, 5.41) is 5.94. The molecule has 2 nitrogen and oxygen atoms in total. The average Bonchev–Trinajstić information content (AvgIpc) is 2.81. The quantitative estimate of drug-likeness (QED) is 0.831. The van der Waals surface area contributed by atoms with E-state index in [1.807, 2.05) is 12.3 Å². The molecular formula is C14H14BrF3N2S. The summed E-state index contributed by atoms with van der Waals surface area (Å²) in [7, 11) is 1.74. The highest BCUT2D eigenvalue weighted by Crippen LogP contribution is 2.36. The van der Waals surface area contributed by atoms with Crippen LogP contribution in [0.1, 0.15) is 27.9 Å². The fourth-order valence-corrected chi connectivity index (χ4v) is 3.17. The van der Waals surface area contributed by atoms with Crippen LogP contribution >= 0.6 is 27.3 Å². The van der Waals surface area contributed by atoms with Crippen LogP contribution in [0.15, 0.2) is 28.1 Å². The van der Waals surface area contributed by atoms with E-state index in [1.54, 1.807) is 13.1 Å². The van der Waals surface area contributed by atoms with Crippen molar-refractivity contribution in [1.29, 1.82) is 0 Å². The van der Waals surface area contributed by atoms with Crippen LogP contribution in [0.5, 0.6) is 0 Å². The third-order valence-electron chi connectivity index (χ3n) is 3.13. The maximum Gasteiger partial charge on any atom is 0.417 e. The Hall–Kier alpha value is -0.920. The van der Waals surface area contributed by atoms with Crippen molar-refractivity contribution in [2.24, 2.45) is 0 Å². The Bertz CT molecular complexity index is 625. The van der Waals surface area contributed by atoms with E-state index in [0.717, 1.165) is 10.7 Å². The number of aromatic nitrogens is 1. The molecule has 21 heavy (non-hydrogen) atoms. The summed E-state index contributed by atoms with van der Waals surface area (Å²) in [6.45, 7) is 1.91. The van der Waals surface area contributed by atoms with E-state index in [1.165, 1.54) is 23.5 Å². The molecule has 2 aromatic rings. The van der Waals surface area contributed by atoms with Gasteiger partial charge in [0.15, 0.2) is 0 Å². The largest absolute Gasteiger partial charge is 0.417 e. The van der Waals surface area contributed by atoms with Gasteiger partial charge in [-0.1, -0.05) is 22.0 Å². The van der Waals surface area contributed by atoms with Gasteiger partial charge >= 0.3 is 6.18 Å². The number of thiazole rings is 1. The van der Waals surface area contributed by atoms with Gasteiger partial charge in [0.1, 0.15) is 0 Å². The van der Waals surface area contributed by atoms with E-state index in [0.29, 0.717) is 12.0 Å². The van der Waals surface area contributed by atoms with E-state index in [-0.39, 0.29) is 10.5 Å². The van der Waals surface area contributed by atoms with Crippen LogP contribution < -0.4 is 5.32 Å². The number of nitrogens with one attached hydrogen (secondary N) is 1. The SMILES string of the molecule is CNC(Cc1csc(C)n1)c1ccc(Br)c(C(F)(F)F)c1. The second-order valence-corrected chi connectivity index (χ2v) is 6.56. The highest BCUT2D eigenvalue weighted by atomic mass is 79.9. The lowest BCUT2D eigenvalue weighted by atomic mass is 10.00. The van der Waals surface area contributed by atoms with Crippen molar-refractivity contribution in [2.45, 2.75) is 25.6 Å². The molecule has 0 amide bonds. The molecule has 114 valence electrons. The molecule has 0 saturated carbocycles. The fraction of sp³-hybridized carbons (Fsp3) is 0.357. The number of alkyl halides is 3. The number of halogens is 4. The number of benzene rings is 1. The number of hydrogen-bond donors (Lipinski definition) is 1. The van der Waals surface area contributed by atoms with Crippen molar-refractivity contribution >= 4 is 27.3 Å². The van der Waals surface area contributed by atoms with E-state index >= 15 is 0 Å². The molecule has 1 unspecified atom stereocenters. The molecule has 7 heteroatoms. The summed E-state index contributed by atoms with van der Waals surface area (Å²) >= 11 is 4.49. The van der Waals surface area contributed by atoms with Gasteiger partial charge in [-0.15, -0.1) is 11.3 Å². The summed E-state index contributed by atoms with van der Waals surface area (Å²) in [4.78, 5) is 4.36. The minimum Gasteiger partial charge on any atom is -0.313 e. The van der Waals surface area contributed by atoms with E-state index in [9.17, 15) is 13.2 Å². The van der Waals surface area contributed by atoms with Crippen molar-refractivity contribution in [2.75, 3.05) is 7.05 Å².